The van der Waals surface area contributed by atoms with E-state index in [4.69, 9.17) is 15.2 Å². The Kier molecular flexibility index (Phi) is 20.0. The van der Waals surface area contributed by atoms with Gasteiger partial charge in [0.05, 0.1) is 11.5 Å². The Morgan fingerprint density at radius 3 is 1.61 bits per heavy atom. The molecule has 1 aromatic carbocycles. The second-order valence-corrected chi connectivity index (χ2v) is 11.2. The van der Waals surface area contributed by atoms with Gasteiger partial charge in [0.25, 0.3) is 0 Å². The van der Waals surface area contributed by atoms with Crippen LogP contribution in [0.5, 0.6) is 0 Å². The number of nitrogens with one attached hydrogen (secondary N) is 1. The average Bonchev–Trinajstić information content (AvgIpc) is 2.91. The number of hydrogen-bond acceptors (Lipinski definition) is 5. The summed E-state index contributed by atoms with van der Waals surface area (Å²) in [6, 6.07) is 1.56. The number of carboxylic acids is 1. The molecule has 1 atom stereocenters. The highest BCUT2D eigenvalue weighted by Gasteiger charge is 2.22. The van der Waals surface area contributed by atoms with Gasteiger partial charge in [-0.15, -0.1) is 0 Å². The van der Waals surface area contributed by atoms with Crippen LogP contribution in [-0.2, 0) is 9.59 Å². The van der Waals surface area contributed by atoms with Crippen molar-refractivity contribution in [3.8, 4) is 0 Å². The van der Waals surface area contributed by atoms with E-state index in [0.29, 0.717) is 25.8 Å². The molecule has 0 saturated carbocycles. The Morgan fingerprint density at radius 2 is 1.17 bits per heavy atom. The van der Waals surface area contributed by atoms with Gasteiger partial charge in [0.1, 0.15) is 11.6 Å². The lowest BCUT2D eigenvalue weighted by atomic mass is 9.79. The lowest BCUT2D eigenvalue weighted by molar-refractivity contribution is -0.141. The third-order valence-electron chi connectivity index (χ3n) is 7.51. The summed E-state index contributed by atoms with van der Waals surface area (Å²) >= 11 is 0. The van der Waals surface area contributed by atoms with Crippen molar-refractivity contribution in [2.75, 3.05) is 6.54 Å². The normalized spacial score (nSPS) is 11.8. The summed E-state index contributed by atoms with van der Waals surface area (Å²) in [5, 5.41) is 29.8. The van der Waals surface area contributed by atoms with Crippen molar-refractivity contribution in [3.63, 3.8) is 0 Å². The molecule has 0 fully saturated rings. The van der Waals surface area contributed by atoms with Crippen LogP contribution in [0.3, 0.4) is 0 Å². The minimum atomic E-state index is -1.99. The first kappa shape index (κ1) is 36.7. The summed E-state index contributed by atoms with van der Waals surface area (Å²) in [5.74, 6) is -3.73. The molecular weight excluding hydrogens is 531 g/mol. The Morgan fingerprint density at radius 1 is 0.732 bits per heavy atom. The van der Waals surface area contributed by atoms with E-state index in [-0.39, 0.29) is 23.7 Å². The molecule has 0 aliphatic heterocycles. The van der Waals surface area contributed by atoms with Crippen molar-refractivity contribution in [3.05, 3.63) is 29.3 Å². The molecule has 1 amide bonds. The van der Waals surface area contributed by atoms with Crippen LogP contribution in [0.15, 0.2) is 12.1 Å². The Labute approximate surface area is 244 Å². The predicted octanol–water partition coefficient (Wildman–Crippen LogP) is 6.08. The molecule has 0 aromatic heterocycles. The summed E-state index contributed by atoms with van der Waals surface area (Å²) in [4.78, 5) is 34.8. The number of unbranched alkanes of at least 4 members (excludes halogenated alkanes) is 14. The van der Waals surface area contributed by atoms with Gasteiger partial charge in [0.2, 0.25) is 5.91 Å². The van der Waals surface area contributed by atoms with Gasteiger partial charge in [-0.3, -0.25) is 14.4 Å². The zero-order chi connectivity index (χ0) is 30.5. The van der Waals surface area contributed by atoms with Crippen LogP contribution in [0, 0.1) is 17.6 Å². The number of hydrogen-bond donors (Lipinski definition) is 4. The standard InChI is InChI=1S/C31H50BF2NO6/c1-24(31(38)39)18-16-17-21-35-29(37)20-15-13-11-9-7-5-3-2-4-6-8-10-12-14-19-28(36)30-26(33)22-25(32(40)41)23-27(30)34/h22-24,40-41H,2-21H2,1H3,(H,35,37)(H,38,39)/t24-/m0/s1. The smallest absolute Gasteiger partial charge is 0.481 e. The van der Waals surface area contributed by atoms with E-state index in [1.54, 1.807) is 6.92 Å². The number of carbonyl (C=O) groups excluding carboxylic acids is 2. The number of benzene rings is 1. The third kappa shape index (κ3) is 17.3. The molecule has 10 heteroatoms. The Hall–Kier alpha value is -2.33. The van der Waals surface area contributed by atoms with Crippen molar-refractivity contribution in [2.45, 2.75) is 129 Å². The number of carboxylic acid groups (broad SMARTS) is 1. The first-order valence-corrected chi connectivity index (χ1v) is 15.5. The average molecular weight is 582 g/mol. The molecular formula is C31H50BF2NO6. The first-order chi connectivity index (χ1) is 19.6. The number of amides is 1. The molecule has 0 aliphatic rings. The van der Waals surface area contributed by atoms with Crippen LogP contribution < -0.4 is 10.8 Å². The lowest BCUT2D eigenvalue weighted by Crippen LogP contribution is -2.31. The number of carbonyl (C=O) groups is 3. The summed E-state index contributed by atoms with van der Waals surface area (Å²) in [7, 11) is -1.99. The maximum Gasteiger partial charge on any atom is 0.488 e. The molecule has 1 rings (SSSR count). The molecule has 232 valence electrons. The van der Waals surface area contributed by atoms with E-state index < -0.39 is 36.1 Å². The molecule has 0 spiro atoms. The number of ketones is 1. The minimum Gasteiger partial charge on any atom is -0.481 e. The number of halogens is 2. The second kappa shape index (κ2) is 22.3. The highest BCUT2D eigenvalue weighted by molar-refractivity contribution is 6.58. The largest absolute Gasteiger partial charge is 0.488 e. The molecule has 0 saturated heterocycles. The molecule has 0 bridgehead atoms. The molecule has 1 aromatic rings. The van der Waals surface area contributed by atoms with Crippen molar-refractivity contribution < 1.29 is 38.3 Å². The van der Waals surface area contributed by atoms with Gasteiger partial charge in [0, 0.05) is 19.4 Å². The van der Waals surface area contributed by atoms with Crippen LogP contribution in [0.1, 0.15) is 139 Å². The summed E-state index contributed by atoms with van der Waals surface area (Å²) in [6.45, 7) is 2.32. The van der Waals surface area contributed by atoms with Gasteiger partial charge in [-0.25, -0.2) is 8.78 Å². The van der Waals surface area contributed by atoms with Crippen LogP contribution in [0.2, 0.25) is 0 Å². The Bertz CT molecular complexity index is 892. The van der Waals surface area contributed by atoms with E-state index in [9.17, 15) is 23.2 Å². The van der Waals surface area contributed by atoms with E-state index in [2.05, 4.69) is 5.32 Å². The van der Waals surface area contributed by atoms with Crippen molar-refractivity contribution in [2.24, 2.45) is 5.92 Å². The molecule has 4 N–H and O–H groups in total. The van der Waals surface area contributed by atoms with E-state index in [1.165, 1.54) is 38.5 Å². The van der Waals surface area contributed by atoms with Crippen LogP contribution >= 0.6 is 0 Å². The molecule has 41 heavy (non-hydrogen) atoms. The minimum absolute atomic E-state index is 0.0685. The van der Waals surface area contributed by atoms with Crippen LogP contribution in [0.25, 0.3) is 0 Å². The van der Waals surface area contributed by atoms with Gasteiger partial charge in [-0.2, -0.15) is 0 Å². The van der Waals surface area contributed by atoms with Gasteiger partial charge in [-0.1, -0.05) is 90.4 Å². The quantitative estimate of drug-likeness (QED) is 0.0631. The zero-order valence-corrected chi connectivity index (χ0v) is 24.8. The van der Waals surface area contributed by atoms with Gasteiger partial charge in [0.15, 0.2) is 5.78 Å². The SMILES string of the molecule is C[C@@H](CCCCNC(=O)CCCCCCCCCCCCCCCCC(=O)c1c(F)cc(B(O)O)cc1F)C(=O)O. The first-order valence-electron chi connectivity index (χ1n) is 15.5. The summed E-state index contributed by atoms with van der Waals surface area (Å²) in [6.07, 6.45) is 17.9. The van der Waals surface area contributed by atoms with Crippen molar-refractivity contribution in [1.82, 2.24) is 5.32 Å². The summed E-state index contributed by atoms with van der Waals surface area (Å²) in [5.41, 5.74) is -0.924. The number of aliphatic carboxylic acids is 1. The number of rotatable bonds is 25. The number of Topliss-reactive ketones (excluding diaryl/α,β-unsaturated/α-hetero) is 1. The van der Waals surface area contributed by atoms with E-state index in [0.717, 1.165) is 69.9 Å². The Balaban J connectivity index is 1.89. The van der Waals surface area contributed by atoms with Gasteiger partial charge >= 0.3 is 13.1 Å². The highest BCUT2D eigenvalue weighted by atomic mass is 19.1. The van der Waals surface area contributed by atoms with Crippen molar-refractivity contribution >= 4 is 30.2 Å². The summed E-state index contributed by atoms with van der Waals surface area (Å²) < 4.78 is 28.0. The van der Waals surface area contributed by atoms with Crippen molar-refractivity contribution in [1.29, 1.82) is 0 Å². The monoisotopic (exact) mass is 581 g/mol. The maximum atomic E-state index is 14.0. The van der Waals surface area contributed by atoms with Gasteiger partial charge < -0.3 is 20.5 Å². The van der Waals surface area contributed by atoms with Crippen LogP contribution in [-0.4, -0.2) is 46.5 Å². The molecule has 0 unspecified atom stereocenters. The lowest BCUT2D eigenvalue weighted by Gasteiger charge is -2.07. The molecule has 0 heterocycles. The second-order valence-electron chi connectivity index (χ2n) is 11.2. The fourth-order valence-corrected chi connectivity index (χ4v) is 4.84. The maximum absolute atomic E-state index is 14.0. The predicted molar refractivity (Wildman–Crippen MR) is 158 cm³/mol. The van der Waals surface area contributed by atoms with Crippen LogP contribution in [0.4, 0.5) is 8.78 Å². The molecule has 7 nitrogen and oxygen atoms in total. The molecule has 0 aliphatic carbocycles. The van der Waals surface area contributed by atoms with E-state index in [1.807, 2.05) is 0 Å². The highest BCUT2D eigenvalue weighted by Crippen LogP contribution is 2.17. The topological polar surface area (TPSA) is 124 Å². The fraction of sp³-hybridized carbons (Fsp3) is 0.710. The van der Waals surface area contributed by atoms with Gasteiger partial charge in [-0.05, 0) is 43.3 Å². The third-order valence-corrected chi connectivity index (χ3v) is 7.51. The molecule has 0 radical (unpaired) electrons. The fourth-order valence-electron chi connectivity index (χ4n) is 4.84. The van der Waals surface area contributed by atoms with E-state index >= 15 is 0 Å². The zero-order valence-electron chi connectivity index (χ0n) is 24.8.